The van der Waals surface area contributed by atoms with Gasteiger partial charge >= 0.3 is 0 Å². The minimum Gasteiger partial charge on any atom is -0.473 e. The van der Waals surface area contributed by atoms with Crippen molar-refractivity contribution in [1.29, 1.82) is 0 Å². The average molecular weight is 151 g/mol. The number of ether oxygens (including phenoxy) is 1. The van der Waals surface area contributed by atoms with Crippen molar-refractivity contribution in [3.63, 3.8) is 0 Å². The lowest BCUT2D eigenvalue weighted by Crippen LogP contribution is -2.29. The fourth-order valence-corrected chi connectivity index (χ4v) is 1.25. The third-order valence-corrected chi connectivity index (χ3v) is 1.79. The summed E-state index contributed by atoms with van der Waals surface area (Å²) in [4.78, 5) is 0. The van der Waals surface area contributed by atoms with Crippen molar-refractivity contribution in [1.82, 2.24) is 5.48 Å². The zero-order valence-corrected chi connectivity index (χ0v) is 5.95. The van der Waals surface area contributed by atoms with Crippen molar-refractivity contribution in [2.24, 2.45) is 0 Å². The number of benzene rings is 1. The molecular formula is C8H9NO2. The van der Waals surface area contributed by atoms with Crippen molar-refractivity contribution in [2.45, 2.75) is 12.6 Å². The summed E-state index contributed by atoms with van der Waals surface area (Å²) in [6.07, 6.45) is 0.458. The first kappa shape index (κ1) is 6.64. The highest BCUT2D eigenvalue weighted by molar-refractivity contribution is 5.36. The summed E-state index contributed by atoms with van der Waals surface area (Å²) in [6, 6.07) is 7.76. The minimum atomic E-state index is -0.271. The van der Waals surface area contributed by atoms with Gasteiger partial charge < -0.3 is 9.94 Å². The van der Waals surface area contributed by atoms with Crippen LogP contribution in [-0.4, -0.2) is 11.4 Å². The summed E-state index contributed by atoms with van der Waals surface area (Å²) in [5.74, 6) is 0.860. The number of hydrogen-bond donors (Lipinski definition) is 2. The fourth-order valence-electron chi connectivity index (χ4n) is 1.25. The Hall–Kier alpha value is -1.06. The van der Waals surface area contributed by atoms with Crippen molar-refractivity contribution in [2.75, 3.05) is 0 Å². The number of rotatable bonds is 1. The van der Waals surface area contributed by atoms with E-state index in [9.17, 15) is 0 Å². The van der Waals surface area contributed by atoms with Crippen LogP contribution in [0.25, 0.3) is 0 Å². The molecule has 0 saturated carbocycles. The van der Waals surface area contributed by atoms with Crippen LogP contribution in [0.3, 0.4) is 0 Å². The Morgan fingerprint density at radius 3 is 3.00 bits per heavy atom. The molecule has 11 heavy (non-hydrogen) atoms. The summed E-state index contributed by atoms with van der Waals surface area (Å²) in [5.41, 5.74) is 3.23. The zero-order chi connectivity index (χ0) is 7.68. The Kier molecular flexibility index (Phi) is 1.52. The van der Waals surface area contributed by atoms with Crippen molar-refractivity contribution >= 4 is 0 Å². The van der Waals surface area contributed by atoms with E-state index < -0.39 is 0 Å². The summed E-state index contributed by atoms with van der Waals surface area (Å²) in [7, 11) is 0. The lowest BCUT2D eigenvalue weighted by molar-refractivity contribution is 0.0324. The number of para-hydroxylation sites is 1. The van der Waals surface area contributed by atoms with Gasteiger partial charge in [0, 0.05) is 6.42 Å². The second kappa shape index (κ2) is 2.53. The van der Waals surface area contributed by atoms with Crippen molar-refractivity contribution in [3.05, 3.63) is 29.8 Å². The molecule has 0 bridgehead atoms. The minimum absolute atomic E-state index is 0.271. The van der Waals surface area contributed by atoms with Crippen LogP contribution in [0.2, 0.25) is 0 Å². The highest BCUT2D eigenvalue weighted by Gasteiger charge is 2.20. The molecule has 1 unspecified atom stereocenters. The Balaban J connectivity index is 2.27. The quantitative estimate of drug-likeness (QED) is 0.586. The molecule has 0 aromatic heterocycles. The maximum atomic E-state index is 8.56. The second-order valence-corrected chi connectivity index (χ2v) is 2.55. The molecule has 1 aliphatic heterocycles. The monoisotopic (exact) mass is 151 g/mol. The van der Waals surface area contributed by atoms with Gasteiger partial charge in [-0.1, -0.05) is 18.2 Å². The first-order valence-electron chi connectivity index (χ1n) is 3.54. The van der Waals surface area contributed by atoms with Crippen LogP contribution in [0.5, 0.6) is 5.75 Å². The topological polar surface area (TPSA) is 41.5 Å². The smallest absolute Gasteiger partial charge is 0.175 e. The predicted molar refractivity (Wildman–Crippen MR) is 39.5 cm³/mol. The molecular weight excluding hydrogens is 142 g/mol. The van der Waals surface area contributed by atoms with Gasteiger partial charge in [0.2, 0.25) is 0 Å². The Bertz CT molecular complexity index is 237. The van der Waals surface area contributed by atoms with Crippen LogP contribution < -0.4 is 10.2 Å². The van der Waals surface area contributed by atoms with E-state index >= 15 is 0 Å². The van der Waals surface area contributed by atoms with Crippen LogP contribution in [-0.2, 0) is 6.42 Å². The van der Waals surface area contributed by atoms with Crippen LogP contribution in [0.4, 0.5) is 0 Å². The van der Waals surface area contributed by atoms with Gasteiger partial charge in [0.1, 0.15) is 5.75 Å². The van der Waals surface area contributed by atoms with Gasteiger partial charge in [0.15, 0.2) is 6.23 Å². The summed E-state index contributed by atoms with van der Waals surface area (Å²) >= 11 is 0. The Morgan fingerprint density at radius 1 is 1.45 bits per heavy atom. The highest BCUT2D eigenvalue weighted by Crippen LogP contribution is 2.26. The lowest BCUT2D eigenvalue weighted by Gasteiger charge is -2.05. The third kappa shape index (κ3) is 1.08. The van der Waals surface area contributed by atoms with Crippen LogP contribution >= 0.6 is 0 Å². The molecule has 1 atom stereocenters. The molecule has 1 aliphatic rings. The van der Waals surface area contributed by atoms with Gasteiger partial charge in [-0.15, -0.1) is 0 Å². The standard InChI is InChI=1S/C8H9NO2/c10-9-8-5-6-3-1-2-4-7(6)11-8/h1-4,8-10H,5H2. The predicted octanol–water partition coefficient (Wildman–Crippen LogP) is 0.926. The van der Waals surface area contributed by atoms with E-state index in [1.54, 1.807) is 0 Å². The lowest BCUT2D eigenvalue weighted by atomic mass is 10.2. The molecule has 3 heteroatoms. The van der Waals surface area contributed by atoms with Crippen molar-refractivity contribution in [3.8, 4) is 5.75 Å². The van der Waals surface area contributed by atoms with Crippen molar-refractivity contribution < 1.29 is 9.94 Å². The largest absolute Gasteiger partial charge is 0.473 e. The Morgan fingerprint density at radius 2 is 2.27 bits per heavy atom. The highest BCUT2D eigenvalue weighted by atomic mass is 16.6. The number of nitrogens with one attached hydrogen (secondary N) is 1. The van der Waals surface area contributed by atoms with Gasteiger partial charge in [-0.05, 0) is 11.6 Å². The molecule has 1 aromatic rings. The molecule has 0 aliphatic carbocycles. The maximum absolute atomic E-state index is 8.56. The molecule has 0 amide bonds. The number of hydroxylamine groups is 1. The first-order chi connectivity index (χ1) is 5.40. The molecule has 58 valence electrons. The molecule has 2 N–H and O–H groups in total. The second-order valence-electron chi connectivity index (χ2n) is 2.55. The Labute approximate surface area is 64.6 Å². The van der Waals surface area contributed by atoms with E-state index in [-0.39, 0.29) is 6.23 Å². The van der Waals surface area contributed by atoms with Crippen LogP contribution in [0, 0.1) is 0 Å². The van der Waals surface area contributed by atoms with E-state index in [1.807, 2.05) is 24.3 Å². The molecule has 0 fully saturated rings. The first-order valence-corrected chi connectivity index (χ1v) is 3.54. The fraction of sp³-hybridized carbons (Fsp3) is 0.250. The van der Waals surface area contributed by atoms with Crippen LogP contribution in [0.15, 0.2) is 24.3 Å². The third-order valence-electron chi connectivity index (χ3n) is 1.79. The van der Waals surface area contributed by atoms with Gasteiger partial charge in [0.05, 0.1) is 0 Å². The summed E-state index contributed by atoms with van der Waals surface area (Å²) < 4.78 is 5.29. The zero-order valence-electron chi connectivity index (χ0n) is 5.95. The van der Waals surface area contributed by atoms with E-state index in [1.165, 1.54) is 0 Å². The summed E-state index contributed by atoms with van der Waals surface area (Å²) in [5, 5.41) is 8.56. The van der Waals surface area contributed by atoms with E-state index in [0.29, 0.717) is 0 Å². The van der Waals surface area contributed by atoms with E-state index in [4.69, 9.17) is 9.94 Å². The van der Waals surface area contributed by atoms with E-state index in [2.05, 4.69) is 5.48 Å². The molecule has 0 radical (unpaired) electrons. The molecule has 1 heterocycles. The number of hydrogen-bond acceptors (Lipinski definition) is 3. The number of fused-ring (bicyclic) bond motifs is 1. The molecule has 0 saturated heterocycles. The average Bonchev–Trinajstić information content (AvgIpc) is 2.46. The van der Waals surface area contributed by atoms with Gasteiger partial charge in [-0.2, -0.15) is 5.48 Å². The maximum Gasteiger partial charge on any atom is 0.175 e. The van der Waals surface area contributed by atoms with E-state index in [0.717, 1.165) is 17.7 Å². The van der Waals surface area contributed by atoms with Crippen LogP contribution in [0.1, 0.15) is 5.56 Å². The van der Waals surface area contributed by atoms with Gasteiger partial charge in [0.25, 0.3) is 0 Å². The van der Waals surface area contributed by atoms with Gasteiger partial charge in [-0.3, -0.25) is 0 Å². The molecule has 2 rings (SSSR count). The molecule has 3 nitrogen and oxygen atoms in total. The summed E-state index contributed by atoms with van der Waals surface area (Å²) in [6.45, 7) is 0. The molecule has 1 aromatic carbocycles. The normalized spacial score (nSPS) is 21.0. The van der Waals surface area contributed by atoms with Gasteiger partial charge in [-0.25, -0.2) is 0 Å². The SMILES string of the molecule is ONC1Cc2ccccc2O1. The molecule has 0 spiro atoms.